The minimum Gasteiger partial charge on any atom is -0.455 e. The van der Waals surface area contributed by atoms with Gasteiger partial charge in [0.15, 0.2) is 0 Å². The van der Waals surface area contributed by atoms with Crippen molar-refractivity contribution in [2.75, 3.05) is 19.3 Å². The number of carbonyl (C=O) groups is 1. The largest absolute Gasteiger partial charge is 0.455 e. The van der Waals surface area contributed by atoms with Crippen LogP contribution in [0.3, 0.4) is 0 Å². The van der Waals surface area contributed by atoms with Gasteiger partial charge in [0.25, 0.3) is 5.91 Å². The van der Waals surface area contributed by atoms with Crippen LogP contribution in [-0.2, 0) is 10.0 Å². The van der Waals surface area contributed by atoms with Crippen LogP contribution >= 0.6 is 23.2 Å². The molecule has 0 saturated carbocycles. The Kier molecular flexibility index (Phi) is 5.95. The predicted octanol–water partition coefficient (Wildman–Crippen LogP) is 3.55. The number of hydrogen-bond acceptors (Lipinski definition) is 4. The molecule has 1 fully saturated rings. The van der Waals surface area contributed by atoms with E-state index in [2.05, 4.69) is 4.72 Å². The molecule has 27 heavy (non-hydrogen) atoms. The number of likely N-dealkylation sites (tertiary alicyclic amines) is 1. The molecule has 0 unspecified atom stereocenters. The van der Waals surface area contributed by atoms with E-state index in [1.165, 1.54) is 0 Å². The Morgan fingerprint density at radius 3 is 2.63 bits per heavy atom. The maximum Gasteiger partial charge on any atom is 0.257 e. The van der Waals surface area contributed by atoms with Gasteiger partial charge in [-0.3, -0.25) is 4.79 Å². The van der Waals surface area contributed by atoms with E-state index >= 15 is 0 Å². The molecular weight excluding hydrogens is 411 g/mol. The topological polar surface area (TPSA) is 75.7 Å². The lowest BCUT2D eigenvalue weighted by Crippen LogP contribution is -2.37. The Hall–Kier alpha value is -1.80. The Balaban J connectivity index is 1.78. The van der Waals surface area contributed by atoms with Crippen molar-refractivity contribution in [1.82, 2.24) is 9.62 Å². The molecule has 1 atom stereocenters. The number of amides is 1. The SMILES string of the molecule is CS(=O)(=O)N[C@@H]1CCN(C(=O)c2ccccc2Oc2ccc(Cl)cc2Cl)C1. The first kappa shape index (κ1) is 19.9. The van der Waals surface area contributed by atoms with Crippen LogP contribution < -0.4 is 9.46 Å². The van der Waals surface area contributed by atoms with Crippen molar-refractivity contribution in [2.45, 2.75) is 12.5 Å². The standard InChI is InChI=1S/C18H18Cl2N2O4S/c1-27(24,25)21-13-8-9-22(11-13)18(23)14-4-2-3-5-16(14)26-17-7-6-12(19)10-15(17)20/h2-7,10,13,21H,8-9,11H2,1H3/t13-/m1/s1. The highest BCUT2D eigenvalue weighted by molar-refractivity contribution is 7.88. The van der Waals surface area contributed by atoms with Crippen LogP contribution in [0, 0.1) is 0 Å². The first-order valence-electron chi connectivity index (χ1n) is 8.21. The number of ether oxygens (including phenoxy) is 1. The molecule has 1 heterocycles. The number of carbonyl (C=O) groups excluding carboxylic acids is 1. The maximum absolute atomic E-state index is 12.9. The van der Waals surface area contributed by atoms with E-state index in [9.17, 15) is 13.2 Å². The van der Waals surface area contributed by atoms with Gasteiger partial charge in [-0.05, 0) is 36.8 Å². The molecule has 2 aromatic rings. The molecule has 9 heteroatoms. The number of halogens is 2. The highest BCUT2D eigenvalue weighted by Crippen LogP contribution is 2.33. The third-order valence-electron chi connectivity index (χ3n) is 4.09. The van der Waals surface area contributed by atoms with E-state index in [1.807, 2.05) is 0 Å². The van der Waals surface area contributed by atoms with E-state index in [0.717, 1.165) is 6.26 Å². The van der Waals surface area contributed by atoms with Gasteiger partial charge in [-0.1, -0.05) is 35.3 Å². The molecule has 1 aliphatic rings. The third kappa shape index (κ3) is 5.13. The number of nitrogens with one attached hydrogen (secondary N) is 1. The Labute approximate surface area is 168 Å². The molecule has 6 nitrogen and oxygen atoms in total. The molecule has 1 aliphatic heterocycles. The summed E-state index contributed by atoms with van der Waals surface area (Å²) in [7, 11) is -3.32. The van der Waals surface area contributed by atoms with Crippen molar-refractivity contribution in [3.8, 4) is 11.5 Å². The number of hydrogen-bond donors (Lipinski definition) is 1. The smallest absolute Gasteiger partial charge is 0.257 e. The molecule has 3 rings (SSSR count). The van der Waals surface area contributed by atoms with Gasteiger partial charge in [0.2, 0.25) is 10.0 Å². The minimum absolute atomic E-state index is 0.228. The van der Waals surface area contributed by atoms with E-state index in [1.54, 1.807) is 47.4 Å². The van der Waals surface area contributed by atoms with Gasteiger partial charge in [0.1, 0.15) is 11.5 Å². The lowest BCUT2D eigenvalue weighted by Gasteiger charge is -2.19. The van der Waals surface area contributed by atoms with Crippen molar-refractivity contribution in [3.63, 3.8) is 0 Å². The average Bonchev–Trinajstić information content (AvgIpc) is 3.04. The number of benzene rings is 2. The van der Waals surface area contributed by atoms with Gasteiger partial charge in [0, 0.05) is 24.2 Å². The lowest BCUT2D eigenvalue weighted by molar-refractivity contribution is 0.0787. The maximum atomic E-state index is 12.9. The number of rotatable bonds is 5. The second-order valence-electron chi connectivity index (χ2n) is 6.30. The van der Waals surface area contributed by atoms with Crippen LogP contribution in [0.2, 0.25) is 10.0 Å². The Bertz CT molecular complexity index is 966. The normalized spacial score (nSPS) is 17.1. The summed E-state index contributed by atoms with van der Waals surface area (Å²) in [5.74, 6) is 0.527. The lowest BCUT2D eigenvalue weighted by atomic mass is 10.1. The summed E-state index contributed by atoms with van der Waals surface area (Å²) in [6.45, 7) is 0.768. The monoisotopic (exact) mass is 428 g/mol. The molecule has 0 bridgehead atoms. The van der Waals surface area contributed by atoms with Gasteiger partial charge in [-0.2, -0.15) is 0 Å². The van der Waals surface area contributed by atoms with Crippen LogP contribution in [0.4, 0.5) is 0 Å². The van der Waals surface area contributed by atoms with Crippen molar-refractivity contribution >= 4 is 39.1 Å². The number of para-hydroxylation sites is 1. The Morgan fingerprint density at radius 2 is 1.93 bits per heavy atom. The molecule has 1 amide bonds. The molecular formula is C18H18Cl2N2O4S. The fraction of sp³-hybridized carbons (Fsp3) is 0.278. The summed E-state index contributed by atoms with van der Waals surface area (Å²) >= 11 is 12.0. The number of nitrogens with zero attached hydrogens (tertiary/aromatic N) is 1. The van der Waals surface area contributed by atoms with E-state index in [0.29, 0.717) is 46.6 Å². The molecule has 0 aromatic heterocycles. The average molecular weight is 429 g/mol. The van der Waals surface area contributed by atoms with Crippen LogP contribution in [0.5, 0.6) is 11.5 Å². The summed E-state index contributed by atoms with van der Waals surface area (Å²) < 4.78 is 31.2. The molecule has 1 N–H and O–H groups in total. The summed E-state index contributed by atoms with van der Waals surface area (Å²) in [5, 5.41) is 0.821. The Morgan fingerprint density at radius 1 is 1.19 bits per heavy atom. The quantitative estimate of drug-likeness (QED) is 0.789. The van der Waals surface area contributed by atoms with Crippen LogP contribution in [0.25, 0.3) is 0 Å². The van der Waals surface area contributed by atoms with E-state index < -0.39 is 10.0 Å². The van der Waals surface area contributed by atoms with Crippen molar-refractivity contribution in [2.24, 2.45) is 0 Å². The molecule has 0 spiro atoms. The van der Waals surface area contributed by atoms with Crippen LogP contribution in [0.15, 0.2) is 42.5 Å². The third-order valence-corrected chi connectivity index (χ3v) is 5.38. The second kappa shape index (κ2) is 8.06. The molecule has 1 saturated heterocycles. The highest BCUT2D eigenvalue weighted by atomic mass is 35.5. The summed E-state index contributed by atoms with van der Waals surface area (Å²) in [5.41, 5.74) is 0.378. The van der Waals surface area contributed by atoms with Gasteiger partial charge in [0.05, 0.1) is 16.8 Å². The van der Waals surface area contributed by atoms with Crippen molar-refractivity contribution in [1.29, 1.82) is 0 Å². The predicted molar refractivity (Wildman–Crippen MR) is 105 cm³/mol. The molecule has 144 valence electrons. The summed E-state index contributed by atoms with van der Waals surface area (Å²) in [6.07, 6.45) is 1.67. The molecule has 0 aliphatic carbocycles. The van der Waals surface area contributed by atoms with Crippen molar-refractivity contribution in [3.05, 3.63) is 58.1 Å². The van der Waals surface area contributed by atoms with E-state index in [4.69, 9.17) is 27.9 Å². The van der Waals surface area contributed by atoms with Gasteiger partial charge in [-0.15, -0.1) is 0 Å². The first-order chi connectivity index (χ1) is 12.7. The fourth-order valence-electron chi connectivity index (χ4n) is 2.92. The second-order valence-corrected chi connectivity index (χ2v) is 8.92. The molecule has 0 radical (unpaired) electrons. The molecule has 2 aromatic carbocycles. The minimum atomic E-state index is -3.32. The van der Waals surface area contributed by atoms with Gasteiger partial charge >= 0.3 is 0 Å². The summed E-state index contributed by atoms with van der Waals surface area (Å²) in [6, 6.07) is 11.4. The van der Waals surface area contributed by atoms with Gasteiger partial charge < -0.3 is 9.64 Å². The number of sulfonamides is 1. The van der Waals surface area contributed by atoms with Crippen LogP contribution in [0.1, 0.15) is 16.8 Å². The van der Waals surface area contributed by atoms with Crippen molar-refractivity contribution < 1.29 is 17.9 Å². The zero-order valence-electron chi connectivity index (χ0n) is 14.5. The first-order valence-corrected chi connectivity index (χ1v) is 10.9. The summed E-state index contributed by atoms with van der Waals surface area (Å²) in [4.78, 5) is 14.5. The van der Waals surface area contributed by atoms with E-state index in [-0.39, 0.29) is 11.9 Å². The zero-order valence-corrected chi connectivity index (χ0v) is 16.8. The van der Waals surface area contributed by atoms with Gasteiger partial charge in [-0.25, -0.2) is 13.1 Å². The fourth-order valence-corrected chi connectivity index (χ4v) is 4.17. The zero-order chi connectivity index (χ0) is 19.6. The van der Waals surface area contributed by atoms with Crippen LogP contribution in [-0.4, -0.2) is 44.6 Å². The highest BCUT2D eigenvalue weighted by Gasteiger charge is 2.30.